The van der Waals surface area contributed by atoms with Crippen molar-refractivity contribution in [2.45, 2.75) is 39.7 Å². The molecular formula is C11H20BrNO2. The van der Waals surface area contributed by atoms with Gasteiger partial charge in [0.1, 0.15) is 0 Å². The van der Waals surface area contributed by atoms with Gasteiger partial charge in [-0.3, -0.25) is 0 Å². The number of halogens is 1. The molecule has 1 rings (SSSR count). The number of hydrogen-bond donors (Lipinski definition) is 1. The lowest BCUT2D eigenvalue weighted by Crippen LogP contribution is -2.51. The number of carboxylic acid groups (broad SMARTS) is 1. The summed E-state index contributed by atoms with van der Waals surface area (Å²) in [5.74, 6) is 0.616. The van der Waals surface area contributed by atoms with Crippen LogP contribution in [0.2, 0.25) is 0 Å². The summed E-state index contributed by atoms with van der Waals surface area (Å²) in [7, 11) is 0. The van der Waals surface area contributed by atoms with Gasteiger partial charge in [0.25, 0.3) is 0 Å². The van der Waals surface area contributed by atoms with Crippen molar-refractivity contribution in [2.24, 2.45) is 11.3 Å². The summed E-state index contributed by atoms with van der Waals surface area (Å²) in [6.45, 7) is 7.02. The quantitative estimate of drug-likeness (QED) is 0.748. The van der Waals surface area contributed by atoms with Crippen LogP contribution in [0.3, 0.4) is 0 Å². The summed E-state index contributed by atoms with van der Waals surface area (Å²) >= 11 is 3.50. The first kappa shape index (κ1) is 12.8. The van der Waals surface area contributed by atoms with E-state index in [1.807, 2.05) is 0 Å². The van der Waals surface area contributed by atoms with E-state index >= 15 is 0 Å². The summed E-state index contributed by atoms with van der Waals surface area (Å²) in [5.41, 5.74) is 0.0270. The van der Waals surface area contributed by atoms with E-state index in [1.54, 1.807) is 4.90 Å². The van der Waals surface area contributed by atoms with Gasteiger partial charge in [0.05, 0.1) is 0 Å². The van der Waals surface area contributed by atoms with Crippen LogP contribution in [0.15, 0.2) is 0 Å². The highest BCUT2D eigenvalue weighted by Crippen LogP contribution is 2.35. The van der Waals surface area contributed by atoms with Gasteiger partial charge in [-0.25, -0.2) is 4.79 Å². The molecule has 1 saturated heterocycles. The zero-order chi connectivity index (χ0) is 11.6. The van der Waals surface area contributed by atoms with Crippen LogP contribution in [0.4, 0.5) is 4.79 Å². The van der Waals surface area contributed by atoms with E-state index in [0.717, 1.165) is 18.2 Å². The minimum atomic E-state index is -0.775. The van der Waals surface area contributed by atoms with Gasteiger partial charge in [-0.1, -0.05) is 36.7 Å². The van der Waals surface area contributed by atoms with Crippen molar-refractivity contribution in [3.8, 4) is 0 Å². The second-order valence-corrected chi connectivity index (χ2v) is 6.05. The summed E-state index contributed by atoms with van der Waals surface area (Å²) in [6.07, 6.45) is 1.17. The molecule has 0 aromatic heterocycles. The topological polar surface area (TPSA) is 40.5 Å². The second kappa shape index (κ2) is 4.73. The number of carbonyl (C=O) groups is 1. The first-order valence-corrected chi connectivity index (χ1v) is 6.54. The first-order chi connectivity index (χ1) is 6.86. The van der Waals surface area contributed by atoms with Gasteiger partial charge in [-0.15, -0.1) is 0 Å². The van der Waals surface area contributed by atoms with E-state index in [4.69, 9.17) is 5.11 Å². The van der Waals surface area contributed by atoms with Crippen LogP contribution >= 0.6 is 15.9 Å². The highest BCUT2D eigenvalue weighted by molar-refractivity contribution is 9.09. The normalized spacial score (nSPS) is 27.9. The number of likely N-dealkylation sites (tertiary alicyclic amines) is 1. The van der Waals surface area contributed by atoms with Crippen LogP contribution in [0.5, 0.6) is 0 Å². The first-order valence-electron chi connectivity index (χ1n) is 5.41. The molecule has 0 bridgehead atoms. The van der Waals surface area contributed by atoms with Crippen LogP contribution in [-0.2, 0) is 0 Å². The Hall–Kier alpha value is -0.250. The maximum atomic E-state index is 11.1. The monoisotopic (exact) mass is 277 g/mol. The molecular weight excluding hydrogens is 258 g/mol. The summed E-state index contributed by atoms with van der Waals surface area (Å²) in [5, 5.41) is 10.1. The largest absolute Gasteiger partial charge is 0.465 e. The van der Waals surface area contributed by atoms with Crippen LogP contribution in [0.1, 0.15) is 33.6 Å². The molecule has 0 aromatic carbocycles. The Labute approximate surface area is 100.0 Å². The highest BCUT2D eigenvalue weighted by Gasteiger charge is 2.38. The molecule has 0 spiro atoms. The Bertz CT molecular complexity index is 237. The number of piperidine rings is 1. The van der Waals surface area contributed by atoms with Crippen molar-refractivity contribution in [1.82, 2.24) is 4.90 Å². The van der Waals surface area contributed by atoms with Crippen molar-refractivity contribution in [3.63, 3.8) is 0 Å². The molecule has 3 nitrogen and oxygen atoms in total. The van der Waals surface area contributed by atoms with E-state index in [9.17, 15) is 4.79 Å². The Morgan fingerprint density at radius 1 is 1.53 bits per heavy atom. The van der Waals surface area contributed by atoms with Gasteiger partial charge < -0.3 is 10.0 Å². The Morgan fingerprint density at radius 2 is 2.13 bits per heavy atom. The summed E-state index contributed by atoms with van der Waals surface area (Å²) in [4.78, 5) is 12.7. The van der Waals surface area contributed by atoms with E-state index in [-0.39, 0.29) is 11.5 Å². The van der Waals surface area contributed by atoms with Crippen LogP contribution in [0, 0.1) is 11.3 Å². The number of alkyl halides is 1. The van der Waals surface area contributed by atoms with Gasteiger partial charge >= 0.3 is 6.09 Å². The third-order valence-corrected chi connectivity index (χ3v) is 4.09. The second-order valence-electron chi connectivity index (χ2n) is 5.40. The molecule has 88 valence electrons. The lowest BCUT2D eigenvalue weighted by atomic mass is 9.77. The van der Waals surface area contributed by atoms with Crippen LogP contribution < -0.4 is 0 Å². The van der Waals surface area contributed by atoms with Gasteiger partial charge in [-0.2, -0.15) is 0 Å². The van der Waals surface area contributed by atoms with Gasteiger partial charge in [0.15, 0.2) is 0 Å². The summed E-state index contributed by atoms with van der Waals surface area (Å²) in [6, 6.07) is 0.145. The van der Waals surface area contributed by atoms with Crippen molar-refractivity contribution in [1.29, 1.82) is 0 Å². The molecule has 1 amide bonds. The Balaban J connectivity index is 2.78. The molecule has 0 aliphatic carbocycles. The molecule has 2 atom stereocenters. The smallest absolute Gasteiger partial charge is 0.407 e. The zero-order valence-electron chi connectivity index (χ0n) is 9.66. The summed E-state index contributed by atoms with van der Waals surface area (Å²) < 4.78 is 0. The maximum Gasteiger partial charge on any atom is 0.407 e. The number of hydrogen-bond acceptors (Lipinski definition) is 1. The van der Waals surface area contributed by atoms with Crippen molar-refractivity contribution < 1.29 is 9.90 Å². The van der Waals surface area contributed by atoms with Crippen molar-refractivity contribution in [3.05, 3.63) is 0 Å². The van der Waals surface area contributed by atoms with Gasteiger partial charge in [0, 0.05) is 17.9 Å². The predicted octanol–water partition coefficient (Wildman–Crippen LogP) is 3.19. The average Bonchev–Trinajstić information content (AvgIpc) is 2.15. The number of rotatable bonds is 1. The minimum Gasteiger partial charge on any atom is -0.465 e. The van der Waals surface area contributed by atoms with Crippen molar-refractivity contribution >= 4 is 22.0 Å². The number of amides is 1. The van der Waals surface area contributed by atoms with Crippen LogP contribution in [0.25, 0.3) is 0 Å². The molecule has 1 aliphatic rings. The fourth-order valence-corrected chi connectivity index (χ4v) is 2.82. The maximum absolute atomic E-state index is 11.1. The van der Waals surface area contributed by atoms with E-state index in [1.165, 1.54) is 0 Å². The van der Waals surface area contributed by atoms with E-state index < -0.39 is 6.09 Å². The molecule has 1 fully saturated rings. The molecule has 4 heteroatoms. The fraction of sp³-hybridized carbons (Fsp3) is 0.909. The minimum absolute atomic E-state index is 0.0270. The van der Waals surface area contributed by atoms with E-state index in [0.29, 0.717) is 12.5 Å². The fourth-order valence-electron chi connectivity index (χ4n) is 2.23. The molecule has 1 aliphatic heterocycles. The molecule has 0 radical (unpaired) electrons. The standard InChI is InChI=1S/C11H20BrNO2/c1-11(2,3)9-6-8(7-12)4-5-13(9)10(14)15/h8-9H,4-7H2,1-3H3,(H,14,15). The molecule has 2 unspecified atom stereocenters. The lowest BCUT2D eigenvalue weighted by molar-refractivity contribution is 0.0448. The molecule has 15 heavy (non-hydrogen) atoms. The highest BCUT2D eigenvalue weighted by atomic mass is 79.9. The zero-order valence-corrected chi connectivity index (χ0v) is 11.2. The predicted molar refractivity (Wildman–Crippen MR) is 64.5 cm³/mol. The molecule has 1 heterocycles. The van der Waals surface area contributed by atoms with Crippen LogP contribution in [-0.4, -0.2) is 34.0 Å². The third-order valence-electron chi connectivity index (χ3n) is 3.17. The average molecular weight is 278 g/mol. The molecule has 0 saturated carbocycles. The Morgan fingerprint density at radius 3 is 2.53 bits per heavy atom. The van der Waals surface area contributed by atoms with Crippen molar-refractivity contribution in [2.75, 3.05) is 11.9 Å². The van der Waals surface area contributed by atoms with Gasteiger partial charge in [-0.05, 0) is 24.2 Å². The third kappa shape index (κ3) is 3.10. The SMILES string of the molecule is CC(C)(C)C1CC(CBr)CCN1C(=O)O. The lowest BCUT2D eigenvalue weighted by Gasteiger charge is -2.44. The van der Waals surface area contributed by atoms with E-state index in [2.05, 4.69) is 36.7 Å². The molecule has 1 N–H and O–H groups in total. The van der Waals surface area contributed by atoms with Gasteiger partial charge in [0.2, 0.25) is 0 Å². The number of nitrogens with zero attached hydrogens (tertiary/aromatic N) is 1. The molecule has 0 aromatic rings. The Kier molecular flexibility index (Phi) is 4.04.